The molecule has 0 fully saturated rings. The molecule has 1 aliphatic rings. The van der Waals surface area contributed by atoms with Gasteiger partial charge in [-0.3, -0.25) is 0 Å². The van der Waals surface area contributed by atoms with E-state index in [0.717, 1.165) is 11.8 Å². The van der Waals surface area contributed by atoms with Crippen LogP contribution in [0.3, 0.4) is 0 Å². The van der Waals surface area contributed by atoms with Gasteiger partial charge in [-0.25, -0.2) is 0 Å². The quantitative estimate of drug-likeness (QED) is 0.550. The molecule has 12 heavy (non-hydrogen) atoms. The second kappa shape index (κ2) is 3.47. The van der Waals surface area contributed by atoms with Gasteiger partial charge in [0.2, 0.25) is 0 Å². The minimum absolute atomic E-state index is 0.735. The largest absolute Gasteiger partial charge is 0.0779 e. The first-order chi connectivity index (χ1) is 5.57. The summed E-state index contributed by atoms with van der Waals surface area (Å²) in [6.07, 6.45) is 3.69. The second-order valence-electron chi connectivity index (χ2n) is 4.03. The van der Waals surface area contributed by atoms with Gasteiger partial charge in [0.1, 0.15) is 0 Å². The van der Waals surface area contributed by atoms with Crippen LogP contribution in [0.25, 0.3) is 0 Å². The number of hydrogen-bond donors (Lipinski definition) is 0. The molecule has 1 aliphatic carbocycles. The van der Waals surface area contributed by atoms with Crippen LogP contribution in [0, 0.1) is 11.8 Å². The highest BCUT2D eigenvalue weighted by molar-refractivity contribution is 5.37. The van der Waals surface area contributed by atoms with Crippen molar-refractivity contribution in [3.8, 4) is 0 Å². The Balaban J connectivity index is 2.99. The Morgan fingerprint density at radius 3 is 2.33 bits per heavy atom. The van der Waals surface area contributed by atoms with E-state index in [1.165, 1.54) is 17.6 Å². The molecule has 0 spiro atoms. The molecule has 0 amide bonds. The topological polar surface area (TPSA) is 0 Å². The number of allylic oxidation sites excluding steroid dienone is 4. The first-order valence-electron chi connectivity index (χ1n) is 4.94. The lowest BCUT2D eigenvalue weighted by atomic mass is 9.77. The van der Waals surface area contributed by atoms with Gasteiger partial charge in [0.25, 0.3) is 0 Å². The zero-order chi connectivity index (χ0) is 9.30. The predicted molar refractivity (Wildman–Crippen MR) is 55.1 cm³/mol. The van der Waals surface area contributed by atoms with Crippen LogP contribution >= 0.6 is 0 Å². The lowest BCUT2D eigenvalue weighted by Crippen LogP contribution is -2.16. The van der Waals surface area contributed by atoms with Crippen molar-refractivity contribution in [1.82, 2.24) is 0 Å². The average molecular weight is 164 g/mol. The second-order valence-corrected chi connectivity index (χ2v) is 4.03. The summed E-state index contributed by atoms with van der Waals surface area (Å²) >= 11 is 0. The third-order valence-corrected chi connectivity index (χ3v) is 3.33. The zero-order valence-electron chi connectivity index (χ0n) is 8.94. The Bertz CT molecular complexity index is 230. The van der Waals surface area contributed by atoms with Crippen LogP contribution in [0.1, 0.15) is 41.0 Å². The molecule has 1 rings (SSSR count). The Hall–Kier alpha value is -0.520. The van der Waals surface area contributed by atoms with E-state index in [2.05, 4.69) is 40.7 Å². The van der Waals surface area contributed by atoms with E-state index in [1.807, 2.05) is 0 Å². The van der Waals surface area contributed by atoms with Crippen molar-refractivity contribution in [2.75, 3.05) is 0 Å². The van der Waals surface area contributed by atoms with Gasteiger partial charge in [-0.05, 0) is 44.6 Å². The molecule has 0 heterocycles. The number of hydrogen-bond acceptors (Lipinski definition) is 0. The van der Waals surface area contributed by atoms with Crippen molar-refractivity contribution in [1.29, 1.82) is 0 Å². The Kier molecular flexibility index (Phi) is 2.76. The molecule has 0 N–H and O–H groups in total. The summed E-state index contributed by atoms with van der Waals surface area (Å²) in [5.41, 5.74) is 4.59. The lowest BCUT2D eigenvalue weighted by molar-refractivity contribution is 0.458. The minimum Gasteiger partial charge on any atom is -0.0779 e. The van der Waals surface area contributed by atoms with Crippen molar-refractivity contribution in [2.45, 2.75) is 41.0 Å². The molecule has 0 nitrogen and oxygen atoms in total. The van der Waals surface area contributed by atoms with Crippen molar-refractivity contribution in [2.24, 2.45) is 11.8 Å². The monoisotopic (exact) mass is 164 g/mol. The smallest absolute Gasteiger partial charge is 0.0142 e. The molecule has 0 saturated carbocycles. The summed E-state index contributed by atoms with van der Waals surface area (Å²) in [7, 11) is 0. The van der Waals surface area contributed by atoms with Gasteiger partial charge in [0.15, 0.2) is 0 Å². The van der Waals surface area contributed by atoms with Crippen LogP contribution in [0.2, 0.25) is 0 Å². The molecule has 0 bridgehead atoms. The standard InChI is InChI=1S/C12H20/c1-6-12-9(3)7-8(2)10(4)11(12)5/h7,9,12H,6H2,1-5H3. The molecule has 0 heteroatoms. The van der Waals surface area contributed by atoms with Gasteiger partial charge in [-0.15, -0.1) is 0 Å². The van der Waals surface area contributed by atoms with Crippen LogP contribution in [0.5, 0.6) is 0 Å². The van der Waals surface area contributed by atoms with E-state index in [-0.39, 0.29) is 0 Å². The van der Waals surface area contributed by atoms with Gasteiger partial charge in [0.05, 0.1) is 0 Å². The summed E-state index contributed by atoms with van der Waals surface area (Å²) in [5.74, 6) is 1.52. The summed E-state index contributed by atoms with van der Waals surface area (Å²) in [6.45, 7) is 11.4. The number of rotatable bonds is 1. The third-order valence-electron chi connectivity index (χ3n) is 3.33. The van der Waals surface area contributed by atoms with Gasteiger partial charge in [-0.1, -0.05) is 31.1 Å². The highest BCUT2D eigenvalue weighted by Gasteiger charge is 2.21. The van der Waals surface area contributed by atoms with Gasteiger partial charge in [-0.2, -0.15) is 0 Å². The molecule has 0 aromatic heterocycles. The van der Waals surface area contributed by atoms with E-state index in [1.54, 1.807) is 5.57 Å². The van der Waals surface area contributed by atoms with Gasteiger partial charge in [0, 0.05) is 0 Å². The van der Waals surface area contributed by atoms with E-state index in [4.69, 9.17) is 0 Å². The van der Waals surface area contributed by atoms with Crippen LogP contribution in [0.15, 0.2) is 22.8 Å². The maximum Gasteiger partial charge on any atom is -0.0142 e. The van der Waals surface area contributed by atoms with Crippen molar-refractivity contribution < 1.29 is 0 Å². The van der Waals surface area contributed by atoms with Crippen LogP contribution in [-0.4, -0.2) is 0 Å². The van der Waals surface area contributed by atoms with Crippen LogP contribution < -0.4 is 0 Å². The molecule has 68 valence electrons. The highest BCUT2D eigenvalue weighted by atomic mass is 14.3. The lowest BCUT2D eigenvalue weighted by Gasteiger charge is -2.28. The minimum atomic E-state index is 0.735. The van der Waals surface area contributed by atoms with Gasteiger partial charge < -0.3 is 0 Å². The summed E-state index contributed by atoms with van der Waals surface area (Å²) in [6, 6.07) is 0. The molecule has 2 atom stereocenters. The van der Waals surface area contributed by atoms with E-state index in [9.17, 15) is 0 Å². The summed E-state index contributed by atoms with van der Waals surface area (Å²) in [5, 5.41) is 0. The molecular formula is C12H20. The fourth-order valence-corrected chi connectivity index (χ4v) is 2.30. The first-order valence-corrected chi connectivity index (χ1v) is 4.94. The maximum absolute atomic E-state index is 2.41. The molecule has 2 unspecified atom stereocenters. The fourth-order valence-electron chi connectivity index (χ4n) is 2.30. The molecule has 0 aliphatic heterocycles. The predicted octanol–water partition coefficient (Wildman–Crippen LogP) is 3.95. The van der Waals surface area contributed by atoms with E-state index >= 15 is 0 Å². The maximum atomic E-state index is 2.41. The van der Waals surface area contributed by atoms with Gasteiger partial charge >= 0.3 is 0 Å². The molecular weight excluding hydrogens is 144 g/mol. The molecule has 0 saturated heterocycles. The Morgan fingerprint density at radius 2 is 1.83 bits per heavy atom. The molecule has 0 aromatic rings. The molecule has 0 aromatic carbocycles. The summed E-state index contributed by atoms with van der Waals surface area (Å²) in [4.78, 5) is 0. The Labute approximate surface area is 76.4 Å². The normalized spacial score (nSPS) is 30.6. The Morgan fingerprint density at radius 1 is 1.25 bits per heavy atom. The summed E-state index contributed by atoms with van der Waals surface area (Å²) < 4.78 is 0. The first kappa shape index (κ1) is 9.57. The molecule has 0 radical (unpaired) electrons. The zero-order valence-corrected chi connectivity index (χ0v) is 8.94. The third kappa shape index (κ3) is 1.48. The van der Waals surface area contributed by atoms with Crippen molar-refractivity contribution >= 4 is 0 Å². The van der Waals surface area contributed by atoms with Crippen molar-refractivity contribution in [3.05, 3.63) is 22.8 Å². The highest BCUT2D eigenvalue weighted by Crippen LogP contribution is 2.34. The average Bonchev–Trinajstić information content (AvgIpc) is 2.01. The van der Waals surface area contributed by atoms with Crippen LogP contribution in [0.4, 0.5) is 0 Å². The van der Waals surface area contributed by atoms with Crippen LogP contribution in [-0.2, 0) is 0 Å². The van der Waals surface area contributed by atoms with Crippen molar-refractivity contribution in [3.63, 3.8) is 0 Å². The van der Waals surface area contributed by atoms with E-state index < -0.39 is 0 Å². The van der Waals surface area contributed by atoms with E-state index in [0.29, 0.717) is 0 Å². The fraction of sp³-hybridized carbons (Fsp3) is 0.667. The SMILES string of the molecule is CCC1C(C)=C(C)C(C)=CC1C.